The number of nitrogens with zero attached hydrogens (tertiary/aromatic N) is 4. The van der Waals surface area contributed by atoms with Gasteiger partial charge < -0.3 is 5.32 Å². The number of pyridine rings is 1. The molecule has 1 aliphatic heterocycles. The molecule has 7 aromatic rings. The van der Waals surface area contributed by atoms with Crippen LogP contribution in [0.4, 0.5) is 5.69 Å². The summed E-state index contributed by atoms with van der Waals surface area (Å²) in [7, 11) is 0. The van der Waals surface area contributed by atoms with Crippen LogP contribution in [0.25, 0.3) is 56.4 Å². The minimum absolute atomic E-state index is 0.430. The molecule has 248 valence electrons. The zero-order valence-corrected chi connectivity index (χ0v) is 29.1. The Kier molecular flexibility index (Phi) is 6.90. The minimum atomic E-state index is -0.430. The highest BCUT2D eigenvalue weighted by Crippen LogP contribution is 2.61. The number of anilines is 1. The third-order valence-corrected chi connectivity index (χ3v) is 10.9. The van der Waals surface area contributed by atoms with E-state index in [0.29, 0.717) is 17.5 Å². The lowest BCUT2D eigenvalue weighted by Crippen LogP contribution is -2.36. The normalized spacial score (nSPS) is 16.6. The predicted octanol–water partition coefficient (Wildman–Crippen LogP) is 10.9. The van der Waals surface area contributed by atoms with E-state index < -0.39 is 5.41 Å². The third kappa shape index (κ3) is 4.62. The predicted molar refractivity (Wildman–Crippen MR) is 210 cm³/mol. The second-order valence-corrected chi connectivity index (χ2v) is 13.9. The highest BCUT2D eigenvalue weighted by Gasteiger charge is 2.51. The number of allylic oxidation sites excluding steroid dienone is 3. The van der Waals surface area contributed by atoms with E-state index in [1.165, 1.54) is 39.1 Å². The molecule has 0 bridgehead atoms. The number of rotatable bonds is 4. The summed E-state index contributed by atoms with van der Waals surface area (Å²) in [6.45, 7) is 4.08. The fourth-order valence-corrected chi connectivity index (χ4v) is 8.57. The molecule has 5 heteroatoms. The maximum absolute atomic E-state index is 5.19. The molecule has 0 radical (unpaired) electrons. The van der Waals surface area contributed by atoms with E-state index >= 15 is 0 Å². The summed E-state index contributed by atoms with van der Waals surface area (Å²) in [4.78, 5) is 20.1. The molecule has 3 heterocycles. The lowest BCUT2D eigenvalue weighted by Gasteiger charge is -2.43. The standard InChI is InChI=1S/C47H35N5/c1-29-20-26-35(30(2)48-29)31-21-23-33(24-22-31)45-50-44(32-12-4-3-5-13-32)51-46(52-45)34-25-27-37-36-14-6-7-15-38(36)47(41(37)28-34)39-16-8-10-18-42(39)49-43-19-11-9-17-40(43)47/h3-8,10-16,18-28,49H,9,17H2,1-2H3. The van der Waals surface area contributed by atoms with Crippen LogP contribution >= 0.6 is 0 Å². The second kappa shape index (κ2) is 11.8. The van der Waals surface area contributed by atoms with Crippen LogP contribution in [0, 0.1) is 13.8 Å². The van der Waals surface area contributed by atoms with Crippen molar-refractivity contribution in [3.05, 3.63) is 185 Å². The molecule has 52 heavy (non-hydrogen) atoms. The van der Waals surface area contributed by atoms with Crippen LogP contribution in [-0.2, 0) is 5.41 Å². The zero-order chi connectivity index (χ0) is 34.8. The average Bonchev–Trinajstić information content (AvgIpc) is 3.48. The fraction of sp³-hybridized carbons (Fsp3) is 0.106. The Morgan fingerprint density at radius 2 is 1.13 bits per heavy atom. The van der Waals surface area contributed by atoms with E-state index in [1.54, 1.807) is 0 Å². The third-order valence-electron chi connectivity index (χ3n) is 10.9. The molecular formula is C47H35N5. The fourth-order valence-electron chi connectivity index (χ4n) is 8.57. The molecule has 1 unspecified atom stereocenters. The summed E-state index contributed by atoms with van der Waals surface area (Å²) in [6.07, 6.45) is 6.55. The van der Waals surface area contributed by atoms with Crippen molar-refractivity contribution in [2.24, 2.45) is 0 Å². The van der Waals surface area contributed by atoms with Crippen molar-refractivity contribution >= 4 is 5.69 Å². The Morgan fingerprint density at radius 1 is 0.519 bits per heavy atom. The van der Waals surface area contributed by atoms with E-state index in [1.807, 2.05) is 25.1 Å². The van der Waals surface area contributed by atoms with Crippen molar-refractivity contribution < 1.29 is 0 Å². The van der Waals surface area contributed by atoms with E-state index in [9.17, 15) is 0 Å². The summed E-state index contributed by atoms with van der Waals surface area (Å²) >= 11 is 0. The summed E-state index contributed by atoms with van der Waals surface area (Å²) in [5, 5.41) is 3.79. The molecule has 0 saturated carbocycles. The van der Waals surface area contributed by atoms with Gasteiger partial charge in [-0.2, -0.15) is 0 Å². The second-order valence-electron chi connectivity index (χ2n) is 13.9. The molecular weight excluding hydrogens is 635 g/mol. The van der Waals surface area contributed by atoms with Gasteiger partial charge in [0, 0.05) is 45.0 Å². The first-order valence-electron chi connectivity index (χ1n) is 18.0. The SMILES string of the molecule is Cc1ccc(-c2ccc(-c3nc(-c4ccccc4)nc(-c4ccc5c(c4)C4(C6=C(C=CCC6)Nc6ccccc64)c4ccccc4-5)n3)cc2)c(C)n1. The lowest BCUT2D eigenvalue weighted by molar-refractivity contribution is 0.675. The van der Waals surface area contributed by atoms with Gasteiger partial charge in [0.2, 0.25) is 0 Å². The number of aryl methyl sites for hydroxylation is 2. The van der Waals surface area contributed by atoms with Crippen LogP contribution in [0.15, 0.2) is 157 Å². The van der Waals surface area contributed by atoms with Gasteiger partial charge in [-0.1, -0.05) is 121 Å². The van der Waals surface area contributed by atoms with E-state index in [2.05, 4.69) is 145 Å². The summed E-state index contributed by atoms with van der Waals surface area (Å²) in [5.41, 5.74) is 16.9. The van der Waals surface area contributed by atoms with Gasteiger partial charge in [-0.15, -0.1) is 0 Å². The first-order chi connectivity index (χ1) is 25.6. The number of nitrogens with one attached hydrogen (secondary N) is 1. The number of para-hydroxylation sites is 1. The highest BCUT2D eigenvalue weighted by molar-refractivity contribution is 5.91. The maximum atomic E-state index is 5.19. The van der Waals surface area contributed by atoms with E-state index in [0.717, 1.165) is 57.7 Å². The molecule has 5 aromatic carbocycles. The number of aromatic nitrogens is 4. The van der Waals surface area contributed by atoms with Crippen molar-refractivity contribution in [3.8, 4) is 56.4 Å². The molecule has 1 N–H and O–H groups in total. The minimum Gasteiger partial charge on any atom is -0.355 e. The molecule has 2 aromatic heterocycles. The molecule has 1 atom stereocenters. The Hall–Kier alpha value is -6.46. The zero-order valence-electron chi connectivity index (χ0n) is 29.1. The Morgan fingerprint density at radius 3 is 1.92 bits per heavy atom. The van der Waals surface area contributed by atoms with Crippen molar-refractivity contribution in [1.29, 1.82) is 0 Å². The van der Waals surface area contributed by atoms with Gasteiger partial charge >= 0.3 is 0 Å². The quantitative estimate of drug-likeness (QED) is 0.202. The highest BCUT2D eigenvalue weighted by atomic mass is 15.0. The van der Waals surface area contributed by atoms with Crippen LogP contribution in [-0.4, -0.2) is 19.9 Å². The molecule has 0 fully saturated rings. The van der Waals surface area contributed by atoms with E-state index in [4.69, 9.17) is 15.0 Å². The van der Waals surface area contributed by atoms with Crippen molar-refractivity contribution in [2.45, 2.75) is 32.1 Å². The molecule has 2 aliphatic carbocycles. The molecule has 3 aliphatic rings. The first kappa shape index (κ1) is 30.4. The molecule has 10 rings (SSSR count). The summed E-state index contributed by atoms with van der Waals surface area (Å²) < 4.78 is 0. The molecule has 0 saturated heterocycles. The van der Waals surface area contributed by atoms with Gasteiger partial charge in [0.15, 0.2) is 17.5 Å². The van der Waals surface area contributed by atoms with Gasteiger partial charge in [-0.3, -0.25) is 4.98 Å². The van der Waals surface area contributed by atoms with Gasteiger partial charge in [0.05, 0.1) is 5.41 Å². The number of benzene rings is 5. The Balaban J connectivity index is 1.17. The van der Waals surface area contributed by atoms with Crippen LogP contribution in [0.2, 0.25) is 0 Å². The monoisotopic (exact) mass is 669 g/mol. The van der Waals surface area contributed by atoms with Crippen LogP contribution in [0.5, 0.6) is 0 Å². The van der Waals surface area contributed by atoms with Crippen molar-refractivity contribution in [2.75, 3.05) is 5.32 Å². The molecule has 0 amide bonds. The summed E-state index contributed by atoms with van der Waals surface area (Å²) in [6, 6.07) is 47.4. The summed E-state index contributed by atoms with van der Waals surface area (Å²) in [5.74, 6) is 1.94. The van der Waals surface area contributed by atoms with Gasteiger partial charge in [0.25, 0.3) is 0 Å². The number of fused-ring (bicyclic) bond motifs is 8. The Bertz CT molecular complexity index is 2620. The van der Waals surface area contributed by atoms with Crippen LogP contribution < -0.4 is 5.32 Å². The first-order valence-corrected chi connectivity index (χ1v) is 18.0. The van der Waals surface area contributed by atoms with Crippen LogP contribution in [0.1, 0.15) is 40.9 Å². The smallest absolute Gasteiger partial charge is 0.164 e. The molecule has 1 spiro atoms. The van der Waals surface area contributed by atoms with Crippen molar-refractivity contribution in [1.82, 2.24) is 19.9 Å². The van der Waals surface area contributed by atoms with Gasteiger partial charge in [0.1, 0.15) is 0 Å². The van der Waals surface area contributed by atoms with Gasteiger partial charge in [-0.05, 0) is 89.9 Å². The maximum Gasteiger partial charge on any atom is 0.164 e. The average molecular weight is 670 g/mol. The van der Waals surface area contributed by atoms with Gasteiger partial charge in [-0.25, -0.2) is 15.0 Å². The number of hydrogen-bond donors (Lipinski definition) is 1. The molecule has 5 nitrogen and oxygen atoms in total. The Labute approximate surface area is 303 Å². The lowest BCUT2D eigenvalue weighted by atomic mass is 9.63. The van der Waals surface area contributed by atoms with Crippen molar-refractivity contribution in [3.63, 3.8) is 0 Å². The number of hydrogen-bond acceptors (Lipinski definition) is 5. The van der Waals surface area contributed by atoms with E-state index in [-0.39, 0.29) is 0 Å². The van der Waals surface area contributed by atoms with Crippen LogP contribution in [0.3, 0.4) is 0 Å². The largest absolute Gasteiger partial charge is 0.355 e. The topological polar surface area (TPSA) is 63.6 Å².